The predicted octanol–water partition coefficient (Wildman–Crippen LogP) is 4.29. The first-order chi connectivity index (χ1) is 9.78. The Morgan fingerprint density at radius 1 is 1.30 bits per heavy atom. The number of carbonyl (C=O) groups is 1. The molecule has 0 aromatic carbocycles. The fourth-order valence-electron chi connectivity index (χ4n) is 1.79. The summed E-state index contributed by atoms with van der Waals surface area (Å²) in [6, 6.07) is 5.93. The zero-order valence-corrected chi connectivity index (χ0v) is 13.3. The lowest BCUT2D eigenvalue weighted by atomic mass is 10.3. The molecule has 0 unspecified atom stereocenters. The van der Waals surface area contributed by atoms with Crippen LogP contribution in [-0.4, -0.2) is 21.5 Å². The second-order valence-electron chi connectivity index (χ2n) is 4.15. The van der Waals surface area contributed by atoms with Crippen molar-refractivity contribution < 1.29 is 4.79 Å². The third kappa shape index (κ3) is 2.77. The van der Waals surface area contributed by atoms with Gasteiger partial charge in [0.1, 0.15) is 11.4 Å². The van der Waals surface area contributed by atoms with Gasteiger partial charge in [-0.15, -0.1) is 22.7 Å². The average Bonchev–Trinajstić information content (AvgIpc) is 3.13. The van der Waals surface area contributed by atoms with Crippen LogP contribution in [0.25, 0.3) is 10.2 Å². The van der Waals surface area contributed by atoms with Crippen LogP contribution in [0.15, 0.2) is 34.9 Å². The van der Waals surface area contributed by atoms with E-state index >= 15 is 0 Å². The molecule has 0 aliphatic heterocycles. The van der Waals surface area contributed by atoms with E-state index in [-0.39, 0.29) is 5.78 Å². The molecular formula is C14H12N2OS3. The van der Waals surface area contributed by atoms with Gasteiger partial charge in [-0.3, -0.25) is 4.79 Å². The monoisotopic (exact) mass is 320 g/mol. The lowest BCUT2D eigenvalue weighted by Crippen LogP contribution is -1.99. The summed E-state index contributed by atoms with van der Waals surface area (Å²) in [6.45, 7) is 2.10. The molecule has 3 aromatic heterocycles. The lowest BCUT2D eigenvalue weighted by Gasteiger charge is -2.00. The fraction of sp³-hybridized carbons (Fsp3) is 0.214. The Bertz CT molecular complexity index is 748. The molecule has 3 aromatic rings. The number of carbonyl (C=O) groups excluding carboxylic acids is 1. The molecule has 0 saturated heterocycles. The molecule has 3 nitrogen and oxygen atoms in total. The van der Waals surface area contributed by atoms with E-state index in [0.717, 1.165) is 26.5 Å². The van der Waals surface area contributed by atoms with Crippen LogP contribution in [0, 0.1) is 0 Å². The van der Waals surface area contributed by atoms with Crippen LogP contribution in [0.4, 0.5) is 0 Å². The van der Waals surface area contributed by atoms with Crippen molar-refractivity contribution in [1.82, 2.24) is 9.97 Å². The SMILES string of the molecule is CCc1ccc(C(=O)CSc2ncnc3ccsc23)s1. The molecule has 0 fully saturated rings. The number of aryl methyl sites for hydroxylation is 1. The molecule has 0 radical (unpaired) electrons. The van der Waals surface area contributed by atoms with Crippen molar-refractivity contribution in [3.8, 4) is 0 Å². The van der Waals surface area contributed by atoms with Gasteiger partial charge in [0, 0.05) is 4.88 Å². The highest BCUT2D eigenvalue weighted by molar-refractivity contribution is 8.00. The van der Waals surface area contributed by atoms with E-state index < -0.39 is 0 Å². The summed E-state index contributed by atoms with van der Waals surface area (Å²) >= 11 is 4.69. The number of hydrogen-bond donors (Lipinski definition) is 0. The van der Waals surface area contributed by atoms with Gasteiger partial charge < -0.3 is 0 Å². The number of rotatable bonds is 5. The summed E-state index contributed by atoms with van der Waals surface area (Å²) in [5, 5.41) is 2.89. The van der Waals surface area contributed by atoms with Gasteiger partial charge >= 0.3 is 0 Å². The summed E-state index contributed by atoms with van der Waals surface area (Å²) in [6.07, 6.45) is 2.54. The minimum Gasteiger partial charge on any atom is -0.292 e. The van der Waals surface area contributed by atoms with Crippen molar-refractivity contribution in [2.24, 2.45) is 0 Å². The second-order valence-corrected chi connectivity index (χ2v) is 7.19. The Labute approximate surface area is 129 Å². The zero-order valence-electron chi connectivity index (χ0n) is 10.8. The number of nitrogens with zero attached hydrogens (tertiary/aromatic N) is 2. The Kier molecular flexibility index (Phi) is 4.14. The van der Waals surface area contributed by atoms with Gasteiger partial charge in [-0.1, -0.05) is 18.7 Å². The van der Waals surface area contributed by atoms with E-state index in [0.29, 0.717) is 5.75 Å². The highest BCUT2D eigenvalue weighted by atomic mass is 32.2. The number of Topliss-reactive ketones (excluding diaryl/α,β-unsaturated/α-hetero) is 1. The summed E-state index contributed by atoms with van der Waals surface area (Å²) < 4.78 is 1.06. The molecule has 0 saturated carbocycles. The van der Waals surface area contributed by atoms with Crippen LogP contribution >= 0.6 is 34.4 Å². The topological polar surface area (TPSA) is 42.9 Å². The molecule has 0 spiro atoms. The number of thiophene rings is 2. The van der Waals surface area contributed by atoms with Crippen molar-refractivity contribution in [2.45, 2.75) is 18.4 Å². The van der Waals surface area contributed by atoms with Crippen molar-refractivity contribution in [3.63, 3.8) is 0 Å². The summed E-state index contributed by atoms with van der Waals surface area (Å²) in [7, 11) is 0. The molecule has 0 N–H and O–H groups in total. The average molecular weight is 320 g/mol. The molecule has 0 bridgehead atoms. The van der Waals surface area contributed by atoms with Crippen LogP contribution in [0.3, 0.4) is 0 Å². The molecule has 0 aliphatic rings. The molecule has 6 heteroatoms. The van der Waals surface area contributed by atoms with E-state index in [1.807, 2.05) is 23.6 Å². The summed E-state index contributed by atoms with van der Waals surface area (Å²) in [5.41, 5.74) is 0.948. The molecule has 0 aliphatic carbocycles. The van der Waals surface area contributed by atoms with E-state index in [1.165, 1.54) is 16.6 Å². The first-order valence-electron chi connectivity index (χ1n) is 6.21. The second kappa shape index (κ2) is 6.03. The summed E-state index contributed by atoms with van der Waals surface area (Å²) in [5.74, 6) is 0.594. The Hall–Kier alpha value is -1.24. The Balaban J connectivity index is 1.73. The van der Waals surface area contributed by atoms with E-state index in [9.17, 15) is 4.79 Å². The fourth-order valence-corrected chi connectivity index (χ4v) is 4.60. The maximum Gasteiger partial charge on any atom is 0.183 e. The van der Waals surface area contributed by atoms with Gasteiger partial charge in [0.25, 0.3) is 0 Å². The third-order valence-corrected chi connectivity index (χ3v) is 6.14. The number of fused-ring (bicyclic) bond motifs is 1. The van der Waals surface area contributed by atoms with Gasteiger partial charge in [0.15, 0.2) is 5.78 Å². The van der Waals surface area contributed by atoms with Crippen molar-refractivity contribution in [1.29, 1.82) is 0 Å². The highest BCUT2D eigenvalue weighted by Gasteiger charge is 2.12. The number of thioether (sulfide) groups is 1. The summed E-state index contributed by atoms with van der Waals surface area (Å²) in [4.78, 5) is 22.7. The number of aromatic nitrogens is 2. The standard InChI is InChI=1S/C14H12N2OS3/c1-2-9-3-4-12(20-9)11(17)7-19-14-13-10(5-6-18-13)15-8-16-14/h3-6,8H,2,7H2,1H3. The quantitative estimate of drug-likeness (QED) is 0.399. The molecule has 102 valence electrons. The van der Waals surface area contributed by atoms with Crippen molar-refractivity contribution in [2.75, 3.05) is 5.75 Å². The van der Waals surface area contributed by atoms with Gasteiger partial charge in [0.2, 0.25) is 0 Å². The molecule has 3 heterocycles. The molecule has 0 amide bonds. The van der Waals surface area contributed by atoms with Crippen molar-refractivity contribution in [3.05, 3.63) is 39.7 Å². The number of ketones is 1. The first kappa shape index (κ1) is 13.7. The van der Waals surface area contributed by atoms with Crippen molar-refractivity contribution >= 4 is 50.4 Å². The van der Waals surface area contributed by atoms with Crippen LogP contribution in [0.1, 0.15) is 21.5 Å². The van der Waals surface area contributed by atoms with E-state index in [4.69, 9.17) is 0 Å². The first-order valence-corrected chi connectivity index (χ1v) is 8.89. The minimum atomic E-state index is 0.169. The zero-order chi connectivity index (χ0) is 13.9. The van der Waals surface area contributed by atoms with Crippen LogP contribution < -0.4 is 0 Å². The van der Waals surface area contributed by atoms with Gasteiger partial charge in [-0.2, -0.15) is 0 Å². The van der Waals surface area contributed by atoms with Gasteiger partial charge in [-0.25, -0.2) is 9.97 Å². The van der Waals surface area contributed by atoms with Gasteiger partial charge in [-0.05, 0) is 30.0 Å². The van der Waals surface area contributed by atoms with E-state index in [1.54, 1.807) is 29.0 Å². The Morgan fingerprint density at radius 2 is 2.20 bits per heavy atom. The largest absolute Gasteiger partial charge is 0.292 e. The Morgan fingerprint density at radius 3 is 3.00 bits per heavy atom. The van der Waals surface area contributed by atoms with Crippen LogP contribution in [0.5, 0.6) is 0 Å². The molecule has 20 heavy (non-hydrogen) atoms. The normalized spacial score (nSPS) is 11.1. The molecule has 3 rings (SSSR count). The minimum absolute atomic E-state index is 0.169. The maximum atomic E-state index is 12.2. The number of hydrogen-bond acceptors (Lipinski definition) is 6. The van der Waals surface area contributed by atoms with Crippen LogP contribution in [-0.2, 0) is 6.42 Å². The maximum absolute atomic E-state index is 12.2. The molecule has 0 atom stereocenters. The van der Waals surface area contributed by atoms with Crippen LogP contribution in [0.2, 0.25) is 0 Å². The van der Waals surface area contributed by atoms with E-state index in [2.05, 4.69) is 16.9 Å². The van der Waals surface area contributed by atoms with Gasteiger partial charge in [0.05, 0.1) is 20.8 Å². The third-order valence-electron chi connectivity index (χ3n) is 2.84. The smallest absolute Gasteiger partial charge is 0.183 e. The highest BCUT2D eigenvalue weighted by Crippen LogP contribution is 2.29. The molecular weight excluding hydrogens is 308 g/mol. The lowest BCUT2D eigenvalue weighted by molar-refractivity contribution is 0.102. The predicted molar refractivity (Wildman–Crippen MR) is 86.2 cm³/mol.